The number of likely N-dealkylation sites (tertiary alicyclic amines) is 1. The van der Waals surface area contributed by atoms with E-state index >= 15 is 0 Å². The summed E-state index contributed by atoms with van der Waals surface area (Å²) < 4.78 is 2.14. The van der Waals surface area contributed by atoms with Crippen LogP contribution in [-0.2, 0) is 11.4 Å². The molecule has 1 unspecified atom stereocenters. The van der Waals surface area contributed by atoms with Crippen molar-refractivity contribution in [2.75, 3.05) is 13.1 Å². The van der Waals surface area contributed by atoms with E-state index in [2.05, 4.69) is 34.8 Å². The van der Waals surface area contributed by atoms with Crippen molar-refractivity contribution in [3.05, 3.63) is 76.1 Å². The maximum Gasteiger partial charge on any atom is 0.245 e. The number of hydrazone groups is 1. The van der Waals surface area contributed by atoms with Crippen LogP contribution < -0.4 is 5.43 Å². The Balaban J connectivity index is 1.60. The summed E-state index contributed by atoms with van der Waals surface area (Å²) >= 11 is 7.00. The van der Waals surface area contributed by atoms with Gasteiger partial charge < -0.3 is 10.0 Å². The lowest BCUT2D eigenvalue weighted by atomic mass is 9.78. The van der Waals surface area contributed by atoms with Gasteiger partial charge in [0.15, 0.2) is 0 Å². The van der Waals surface area contributed by atoms with Crippen molar-refractivity contribution in [1.29, 1.82) is 0 Å². The number of halogens is 1. The normalized spacial score (nSPS) is 22.2. The van der Waals surface area contributed by atoms with Crippen LogP contribution in [0, 0.1) is 12.8 Å². The number of benzene rings is 1. The molecule has 5 rings (SSSR count). The number of allylic oxidation sites excluding steroid dienone is 4. The Bertz CT molecular complexity index is 1250. The van der Waals surface area contributed by atoms with Gasteiger partial charge in [-0.05, 0) is 50.0 Å². The number of carbonyl (C=O) groups is 1. The summed E-state index contributed by atoms with van der Waals surface area (Å²) in [6, 6.07) is 8.07. The van der Waals surface area contributed by atoms with Crippen LogP contribution in [0.15, 0.2) is 64.4 Å². The number of amides is 1. The lowest BCUT2D eigenvalue weighted by Crippen LogP contribution is -2.38. The average molecular weight is 492 g/mol. The van der Waals surface area contributed by atoms with Gasteiger partial charge in [-0.15, -0.1) is 0 Å². The molecule has 2 N–H and O–H groups in total. The SMILES string of the molecule is C=CC(=O)N1CCC(n2nc(-c3ccc(CO)cc3)c([C@@H]3C(Cl)=C(C)C=C4NN=CC43)c2C)CC1. The number of rotatable bonds is 5. The maximum atomic E-state index is 12.1. The fraction of sp³-hybridized carbons (Fsp3) is 0.370. The Labute approximate surface area is 210 Å². The first-order valence-corrected chi connectivity index (χ1v) is 12.4. The fourth-order valence-electron chi connectivity index (χ4n) is 5.45. The minimum Gasteiger partial charge on any atom is -0.392 e. The second kappa shape index (κ2) is 9.47. The van der Waals surface area contributed by atoms with Gasteiger partial charge in [0.2, 0.25) is 5.91 Å². The first-order chi connectivity index (χ1) is 16.9. The number of aromatic nitrogens is 2. The van der Waals surface area contributed by atoms with Crippen LogP contribution in [0.2, 0.25) is 0 Å². The van der Waals surface area contributed by atoms with E-state index < -0.39 is 0 Å². The van der Waals surface area contributed by atoms with Gasteiger partial charge in [-0.1, -0.05) is 42.4 Å². The number of carbonyl (C=O) groups excluding carboxylic acids is 1. The summed E-state index contributed by atoms with van der Waals surface area (Å²) in [5.74, 6) is -0.0999. The summed E-state index contributed by atoms with van der Waals surface area (Å²) in [4.78, 5) is 13.9. The van der Waals surface area contributed by atoms with Crippen molar-refractivity contribution in [3.8, 4) is 11.3 Å². The van der Waals surface area contributed by atoms with Gasteiger partial charge in [-0.3, -0.25) is 14.9 Å². The number of nitrogens with zero attached hydrogens (tertiary/aromatic N) is 4. The third kappa shape index (κ3) is 4.13. The van der Waals surface area contributed by atoms with Crippen molar-refractivity contribution in [2.24, 2.45) is 11.0 Å². The zero-order valence-electron chi connectivity index (χ0n) is 20.0. The van der Waals surface area contributed by atoms with Gasteiger partial charge in [-0.25, -0.2) is 0 Å². The monoisotopic (exact) mass is 491 g/mol. The van der Waals surface area contributed by atoms with E-state index in [0.29, 0.717) is 13.1 Å². The van der Waals surface area contributed by atoms with Crippen molar-refractivity contribution >= 4 is 23.7 Å². The summed E-state index contributed by atoms with van der Waals surface area (Å²) in [6.07, 6.45) is 7.04. The molecule has 35 heavy (non-hydrogen) atoms. The summed E-state index contributed by atoms with van der Waals surface area (Å²) in [5, 5.41) is 19.8. The Morgan fingerprint density at radius 2 is 1.97 bits per heavy atom. The van der Waals surface area contributed by atoms with Crippen LogP contribution >= 0.6 is 11.6 Å². The minimum absolute atomic E-state index is 0.00262. The Kier molecular flexibility index (Phi) is 6.38. The van der Waals surface area contributed by atoms with E-state index in [1.165, 1.54) is 6.08 Å². The summed E-state index contributed by atoms with van der Waals surface area (Å²) in [6.45, 7) is 9.12. The second-order valence-electron chi connectivity index (χ2n) is 9.43. The summed E-state index contributed by atoms with van der Waals surface area (Å²) in [7, 11) is 0. The number of fused-ring (bicyclic) bond motifs is 1. The van der Waals surface area contributed by atoms with E-state index in [9.17, 15) is 9.90 Å². The molecule has 3 heterocycles. The van der Waals surface area contributed by atoms with Crippen molar-refractivity contribution in [2.45, 2.75) is 45.3 Å². The molecule has 2 aromatic rings. The highest BCUT2D eigenvalue weighted by molar-refractivity contribution is 6.31. The predicted octanol–water partition coefficient (Wildman–Crippen LogP) is 4.40. The highest BCUT2D eigenvalue weighted by Gasteiger charge is 2.39. The third-order valence-corrected chi connectivity index (χ3v) is 7.92. The Morgan fingerprint density at radius 3 is 2.63 bits per heavy atom. The highest BCUT2D eigenvalue weighted by atomic mass is 35.5. The lowest BCUT2D eigenvalue weighted by molar-refractivity contribution is -0.127. The van der Waals surface area contributed by atoms with E-state index in [1.54, 1.807) is 0 Å². The molecule has 0 spiro atoms. The zero-order chi connectivity index (χ0) is 24.7. The number of hydrogen-bond donors (Lipinski definition) is 2. The van der Waals surface area contributed by atoms with Crippen LogP contribution in [-0.4, -0.2) is 45.0 Å². The molecule has 1 fully saturated rings. The first kappa shape index (κ1) is 23.6. The topological polar surface area (TPSA) is 82.8 Å². The molecule has 1 aromatic heterocycles. The van der Waals surface area contributed by atoms with E-state index in [4.69, 9.17) is 16.7 Å². The van der Waals surface area contributed by atoms with Crippen LogP contribution in [0.25, 0.3) is 11.3 Å². The molecule has 1 aromatic carbocycles. The van der Waals surface area contributed by atoms with Crippen LogP contribution in [0.5, 0.6) is 0 Å². The highest BCUT2D eigenvalue weighted by Crippen LogP contribution is 2.48. The number of piperidine rings is 1. The first-order valence-electron chi connectivity index (χ1n) is 12.0. The van der Waals surface area contributed by atoms with Gasteiger partial charge in [0.1, 0.15) is 0 Å². The molecular formula is C27H30ClN5O2. The van der Waals surface area contributed by atoms with E-state index in [0.717, 1.165) is 57.2 Å². The molecule has 1 aliphatic carbocycles. The number of hydrogen-bond acceptors (Lipinski definition) is 5. The molecule has 8 heteroatoms. The molecule has 2 aliphatic heterocycles. The summed E-state index contributed by atoms with van der Waals surface area (Å²) in [5.41, 5.74) is 10.1. The molecule has 1 amide bonds. The molecular weight excluding hydrogens is 462 g/mol. The van der Waals surface area contributed by atoms with Gasteiger partial charge in [0.05, 0.1) is 18.3 Å². The molecule has 0 bridgehead atoms. The lowest BCUT2D eigenvalue weighted by Gasteiger charge is -2.32. The molecule has 182 valence electrons. The van der Waals surface area contributed by atoms with Crippen molar-refractivity contribution in [3.63, 3.8) is 0 Å². The molecule has 3 aliphatic rings. The molecule has 7 nitrogen and oxygen atoms in total. The van der Waals surface area contributed by atoms with Crippen molar-refractivity contribution in [1.82, 2.24) is 20.1 Å². The van der Waals surface area contributed by atoms with Gasteiger partial charge >= 0.3 is 0 Å². The minimum atomic E-state index is -0.0980. The van der Waals surface area contributed by atoms with Crippen LogP contribution in [0.1, 0.15) is 48.5 Å². The quantitative estimate of drug-likeness (QED) is 0.607. The number of nitrogens with one attached hydrogen (secondary N) is 1. The van der Waals surface area contributed by atoms with Gasteiger partial charge in [-0.2, -0.15) is 10.2 Å². The molecule has 0 saturated carbocycles. The number of aliphatic hydroxyl groups excluding tert-OH is 1. The average Bonchev–Trinajstić information content (AvgIpc) is 3.49. The molecule has 1 saturated heterocycles. The Hall–Kier alpha value is -3.16. The zero-order valence-corrected chi connectivity index (χ0v) is 20.8. The second-order valence-corrected chi connectivity index (χ2v) is 9.84. The molecule has 0 radical (unpaired) electrons. The maximum absolute atomic E-state index is 12.1. The fourth-order valence-corrected chi connectivity index (χ4v) is 5.75. The smallest absolute Gasteiger partial charge is 0.245 e. The third-order valence-electron chi connectivity index (χ3n) is 7.38. The number of aliphatic hydroxyl groups is 1. The Morgan fingerprint density at radius 1 is 1.26 bits per heavy atom. The standard InChI is InChI=1S/C27H30ClN5O2/c1-4-23(35)32-11-9-20(10-12-32)33-17(3)24(27(31-33)19-7-5-18(15-34)6-8-19)25-21-14-29-30-22(21)13-16(2)26(25)28/h4-8,13-14,20-21,25,30,34H,1,9-12,15H2,2-3H3/t21?,25-/m1/s1. The van der Waals surface area contributed by atoms with Gasteiger partial charge in [0, 0.05) is 58.7 Å². The van der Waals surface area contributed by atoms with Crippen molar-refractivity contribution < 1.29 is 9.90 Å². The largest absolute Gasteiger partial charge is 0.392 e. The molecule has 2 atom stereocenters. The van der Waals surface area contributed by atoms with Crippen LogP contribution in [0.4, 0.5) is 0 Å². The van der Waals surface area contributed by atoms with E-state index in [1.807, 2.05) is 42.3 Å². The van der Waals surface area contributed by atoms with E-state index in [-0.39, 0.29) is 30.4 Å². The van der Waals surface area contributed by atoms with Gasteiger partial charge in [0.25, 0.3) is 0 Å². The van der Waals surface area contributed by atoms with Crippen LogP contribution in [0.3, 0.4) is 0 Å². The predicted molar refractivity (Wildman–Crippen MR) is 138 cm³/mol.